The van der Waals surface area contributed by atoms with Crippen LogP contribution in [0.5, 0.6) is 11.5 Å². The van der Waals surface area contributed by atoms with Crippen LogP contribution in [-0.4, -0.2) is 49.9 Å². The SMILES string of the molecule is COc1cc(C2C3=CCC4C(=O)N(c5ccc(N=Nc6ccc(N(C)C)cc6)cc5)C(=O)C4C3CC3C(=O)N(c4ccccc4)C(=O)C32C)cc(I)c1O. The minimum atomic E-state index is -1.21. The third-order valence-electron chi connectivity index (χ3n) is 11.6. The number of carbonyl (C=O) groups excluding carboxylic acids is 4. The molecule has 0 radical (unpaired) electrons. The highest BCUT2D eigenvalue weighted by Gasteiger charge is 2.67. The van der Waals surface area contributed by atoms with Crippen LogP contribution in [0.15, 0.2) is 113 Å². The number of aromatic hydroxyl groups is 1. The summed E-state index contributed by atoms with van der Waals surface area (Å²) in [7, 11) is 5.40. The summed E-state index contributed by atoms with van der Waals surface area (Å²) in [5, 5.41) is 19.4. The van der Waals surface area contributed by atoms with Crippen molar-refractivity contribution in [2.24, 2.45) is 39.3 Å². The molecular formula is C42H38IN5O6. The molecule has 1 N–H and O–H groups in total. The second-order valence-corrected chi connectivity index (χ2v) is 15.9. The number of amides is 4. The molecule has 4 aromatic rings. The fourth-order valence-electron chi connectivity index (χ4n) is 8.99. The van der Waals surface area contributed by atoms with E-state index in [1.807, 2.05) is 91.0 Å². The number of imide groups is 2. The number of benzene rings is 4. The first kappa shape index (κ1) is 35.6. The average molecular weight is 836 g/mol. The van der Waals surface area contributed by atoms with Gasteiger partial charge in [-0.05, 0) is 127 Å². The standard InChI is InChI=1S/C42H38IN5O6/c1-42-32(39(51)48(41(42)53)27-8-6-5-7-9-27)22-31-29(36(42)23-20-33(43)37(49)34(21-23)54-4)18-19-30-35(31)40(52)47(38(30)50)28-16-12-25(13-17-28)45-44-24-10-14-26(15-11-24)46(2)3/h5-18,20-21,30-32,35-36,49H,19,22H2,1-4H3. The van der Waals surface area contributed by atoms with Gasteiger partial charge in [0.1, 0.15) is 0 Å². The molecule has 4 aromatic carbocycles. The van der Waals surface area contributed by atoms with E-state index in [1.54, 1.807) is 54.6 Å². The molecule has 4 amide bonds. The lowest BCUT2D eigenvalue weighted by Crippen LogP contribution is -2.48. The van der Waals surface area contributed by atoms with Crippen LogP contribution in [0.1, 0.15) is 31.2 Å². The Bertz CT molecular complexity index is 2260. The van der Waals surface area contributed by atoms with Crippen molar-refractivity contribution in [3.05, 3.63) is 112 Å². The van der Waals surface area contributed by atoms with Gasteiger partial charge in [0.05, 0.1) is 56.6 Å². The van der Waals surface area contributed by atoms with Gasteiger partial charge in [0, 0.05) is 25.7 Å². The van der Waals surface area contributed by atoms with Gasteiger partial charge in [0.15, 0.2) is 11.5 Å². The Hall–Kier alpha value is -5.37. The zero-order valence-corrected chi connectivity index (χ0v) is 32.3. The van der Waals surface area contributed by atoms with E-state index in [0.717, 1.165) is 11.3 Å². The molecule has 12 heteroatoms. The molecule has 54 heavy (non-hydrogen) atoms. The van der Waals surface area contributed by atoms with Crippen molar-refractivity contribution in [2.75, 3.05) is 35.9 Å². The summed E-state index contributed by atoms with van der Waals surface area (Å²) in [5.41, 5.74) is 3.57. The van der Waals surface area contributed by atoms with E-state index in [4.69, 9.17) is 4.74 Å². The van der Waals surface area contributed by atoms with Crippen LogP contribution in [0.3, 0.4) is 0 Å². The minimum absolute atomic E-state index is 0.0216. The Morgan fingerprint density at radius 2 is 1.44 bits per heavy atom. The van der Waals surface area contributed by atoms with Crippen LogP contribution < -0.4 is 19.4 Å². The third-order valence-corrected chi connectivity index (χ3v) is 12.5. The molecule has 3 fully saturated rings. The van der Waals surface area contributed by atoms with Crippen LogP contribution in [0, 0.1) is 32.7 Å². The molecule has 0 spiro atoms. The number of carbonyl (C=O) groups is 4. The molecule has 2 heterocycles. The van der Waals surface area contributed by atoms with Gasteiger partial charge in [-0.3, -0.25) is 24.1 Å². The van der Waals surface area contributed by atoms with Gasteiger partial charge in [-0.2, -0.15) is 10.2 Å². The van der Waals surface area contributed by atoms with Crippen molar-refractivity contribution >= 4 is 74.7 Å². The largest absolute Gasteiger partial charge is 0.504 e. The fourth-order valence-corrected chi connectivity index (χ4v) is 9.62. The number of allylic oxidation sites excluding steroid dienone is 2. The number of rotatable bonds is 7. The van der Waals surface area contributed by atoms with Gasteiger partial charge in [-0.1, -0.05) is 29.8 Å². The van der Waals surface area contributed by atoms with Crippen molar-refractivity contribution in [1.29, 1.82) is 0 Å². The highest BCUT2D eigenvalue weighted by atomic mass is 127. The molecule has 2 aliphatic carbocycles. The molecule has 2 aliphatic heterocycles. The third kappa shape index (κ3) is 5.52. The zero-order valence-electron chi connectivity index (χ0n) is 30.1. The van der Waals surface area contributed by atoms with Crippen molar-refractivity contribution in [2.45, 2.75) is 25.7 Å². The summed E-state index contributed by atoms with van der Waals surface area (Å²) in [6.45, 7) is 1.84. The van der Waals surface area contributed by atoms with E-state index in [1.165, 1.54) is 16.9 Å². The quantitative estimate of drug-likeness (QED) is 0.0866. The Balaban J connectivity index is 1.14. The molecule has 4 aliphatic rings. The normalized spacial score (nSPS) is 26.2. The first-order valence-electron chi connectivity index (χ1n) is 17.8. The van der Waals surface area contributed by atoms with E-state index in [-0.39, 0.29) is 41.5 Å². The molecule has 2 saturated heterocycles. The number of anilines is 3. The minimum Gasteiger partial charge on any atom is -0.504 e. The molecule has 0 bridgehead atoms. The molecule has 274 valence electrons. The smallest absolute Gasteiger partial charge is 0.241 e. The topological polar surface area (TPSA) is 132 Å². The first-order valence-corrected chi connectivity index (χ1v) is 18.9. The summed E-state index contributed by atoms with van der Waals surface area (Å²) < 4.78 is 6.07. The molecule has 11 nitrogen and oxygen atoms in total. The number of fused-ring (bicyclic) bond motifs is 4. The Morgan fingerprint density at radius 1 is 0.815 bits per heavy atom. The van der Waals surface area contributed by atoms with Crippen molar-refractivity contribution < 1.29 is 29.0 Å². The monoisotopic (exact) mass is 835 g/mol. The Kier molecular flexibility index (Phi) is 8.90. The van der Waals surface area contributed by atoms with Gasteiger partial charge >= 0.3 is 0 Å². The molecule has 6 atom stereocenters. The number of ether oxygens (including phenoxy) is 1. The predicted octanol–water partition coefficient (Wildman–Crippen LogP) is 7.92. The van der Waals surface area contributed by atoms with Gasteiger partial charge in [0.25, 0.3) is 0 Å². The number of para-hydroxylation sites is 1. The second-order valence-electron chi connectivity index (χ2n) is 14.7. The maximum atomic E-state index is 14.7. The number of hydrogen-bond acceptors (Lipinski definition) is 9. The van der Waals surface area contributed by atoms with E-state index < -0.39 is 35.0 Å². The summed E-state index contributed by atoms with van der Waals surface area (Å²) in [6.07, 6.45) is 2.56. The maximum absolute atomic E-state index is 14.7. The first-order chi connectivity index (χ1) is 25.9. The van der Waals surface area contributed by atoms with Crippen LogP contribution in [0.4, 0.5) is 28.4 Å². The van der Waals surface area contributed by atoms with Crippen LogP contribution in [-0.2, 0) is 19.2 Å². The number of methoxy groups -OCH3 is 1. The number of phenols is 1. The molecule has 8 rings (SSSR count). The van der Waals surface area contributed by atoms with Gasteiger partial charge in [-0.15, -0.1) is 0 Å². The Labute approximate surface area is 326 Å². The van der Waals surface area contributed by atoms with Crippen LogP contribution in [0.2, 0.25) is 0 Å². The lowest BCUT2D eigenvalue weighted by Gasteiger charge is -2.49. The van der Waals surface area contributed by atoms with Gasteiger partial charge in [0.2, 0.25) is 23.6 Å². The zero-order chi connectivity index (χ0) is 38.1. The van der Waals surface area contributed by atoms with E-state index in [0.29, 0.717) is 38.3 Å². The maximum Gasteiger partial charge on any atom is 0.241 e. The van der Waals surface area contributed by atoms with Crippen LogP contribution >= 0.6 is 22.6 Å². The highest BCUT2D eigenvalue weighted by molar-refractivity contribution is 14.1. The lowest BCUT2D eigenvalue weighted by molar-refractivity contribution is -0.131. The van der Waals surface area contributed by atoms with Crippen LogP contribution in [0.25, 0.3) is 0 Å². The van der Waals surface area contributed by atoms with Crippen molar-refractivity contribution in [3.8, 4) is 11.5 Å². The highest BCUT2D eigenvalue weighted by Crippen LogP contribution is 2.64. The van der Waals surface area contributed by atoms with Gasteiger partial charge < -0.3 is 14.7 Å². The molecule has 0 aromatic heterocycles. The number of hydrogen-bond donors (Lipinski definition) is 1. The Morgan fingerprint density at radius 3 is 2.07 bits per heavy atom. The number of halogens is 1. The molecule has 6 unspecified atom stereocenters. The fraction of sp³-hybridized carbons (Fsp3) is 0.286. The number of azo groups is 1. The van der Waals surface area contributed by atoms with Crippen molar-refractivity contribution in [3.63, 3.8) is 0 Å². The number of nitrogens with zero attached hydrogens (tertiary/aromatic N) is 5. The van der Waals surface area contributed by atoms with Crippen molar-refractivity contribution in [1.82, 2.24) is 0 Å². The van der Waals surface area contributed by atoms with E-state index in [9.17, 15) is 24.3 Å². The summed E-state index contributed by atoms with van der Waals surface area (Å²) >= 11 is 2.03. The summed E-state index contributed by atoms with van der Waals surface area (Å²) in [4.78, 5) is 62.3. The number of phenolic OH excluding ortho intramolecular Hbond substituents is 1. The summed E-state index contributed by atoms with van der Waals surface area (Å²) in [5.74, 6) is -4.26. The average Bonchev–Trinajstić information content (AvgIpc) is 3.55. The van der Waals surface area contributed by atoms with E-state index >= 15 is 0 Å². The van der Waals surface area contributed by atoms with E-state index in [2.05, 4.69) is 10.2 Å². The molecular weight excluding hydrogens is 797 g/mol. The second kappa shape index (κ2) is 13.5. The molecule has 1 saturated carbocycles. The summed E-state index contributed by atoms with van der Waals surface area (Å²) in [6, 6.07) is 26.9. The van der Waals surface area contributed by atoms with Gasteiger partial charge in [-0.25, -0.2) is 4.90 Å². The lowest BCUT2D eigenvalue weighted by atomic mass is 9.51. The predicted molar refractivity (Wildman–Crippen MR) is 212 cm³/mol.